The third-order valence-corrected chi connectivity index (χ3v) is 4.08. The van der Waals surface area contributed by atoms with Gasteiger partial charge in [0.1, 0.15) is 17.3 Å². The van der Waals surface area contributed by atoms with E-state index in [9.17, 15) is 0 Å². The van der Waals surface area contributed by atoms with Gasteiger partial charge >= 0.3 is 0 Å². The summed E-state index contributed by atoms with van der Waals surface area (Å²) in [5.41, 5.74) is 6.80. The number of aromatic nitrogens is 2. The molecule has 1 aliphatic heterocycles. The summed E-state index contributed by atoms with van der Waals surface area (Å²) in [7, 11) is 0. The molecule has 0 aliphatic carbocycles. The van der Waals surface area contributed by atoms with Gasteiger partial charge in [0.2, 0.25) is 5.88 Å². The quantitative estimate of drug-likeness (QED) is 0.934. The Hall–Kier alpha value is -2.34. The third-order valence-electron chi connectivity index (χ3n) is 4.08. The Morgan fingerprint density at radius 3 is 2.43 bits per heavy atom. The molecule has 3 rings (SSSR count). The number of aryl methyl sites for hydroxylation is 1. The zero-order valence-corrected chi connectivity index (χ0v) is 13.7. The topological polar surface area (TPSA) is 67.5 Å². The van der Waals surface area contributed by atoms with Crippen molar-refractivity contribution in [3.8, 4) is 11.6 Å². The third kappa shape index (κ3) is 3.53. The van der Waals surface area contributed by atoms with Gasteiger partial charge in [0, 0.05) is 26.2 Å². The standard InChI is InChI=1S/C17H23N5O/c1-3-21-9-11-22(12-10-21)16-15(18)17(20-13(2)19-16)23-14-7-5-4-6-8-14/h4-8H,3,9-12,18H2,1-2H3. The van der Waals surface area contributed by atoms with Gasteiger partial charge in [0.15, 0.2) is 5.82 Å². The molecule has 6 nitrogen and oxygen atoms in total. The Kier molecular flexibility index (Phi) is 4.62. The number of likely N-dealkylation sites (N-methyl/N-ethyl adjacent to an activating group) is 1. The van der Waals surface area contributed by atoms with E-state index in [1.54, 1.807) is 0 Å². The van der Waals surface area contributed by atoms with E-state index in [0.717, 1.165) is 44.3 Å². The van der Waals surface area contributed by atoms with Crippen molar-refractivity contribution in [1.29, 1.82) is 0 Å². The van der Waals surface area contributed by atoms with Crippen LogP contribution in [0.5, 0.6) is 11.6 Å². The number of hydrogen-bond acceptors (Lipinski definition) is 6. The second kappa shape index (κ2) is 6.83. The molecule has 1 aliphatic rings. The van der Waals surface area contributed by atoms with Crippen LogP contribution in [0.4, 0.5) is 11.5 Å². The highest BCUT2D eigenvalue weighted by molar-refractivity contribution is 5.69. The summed E-state index contributed by atoms with van der Waals surface area (Å²) in [6.07, 6.45) is 0. The van der Waals surface area contributed by atoms with Crippen molar-refractivity contribution in [2.24, 2.45) is 0 Å². The van der Waals surface area contributed by atoms with Crippen molar-refractivity contribution in [2.75, 3.05) is 43.4 Å². The number of nitrogens with zero attached hydrogens (tertiary/aromatic N) is 4. The molecule has 122 valence electrons. The van der Waals surface area contributed by atoms with Crippen LogP contribution in [0.1, 0.15) is 12.7 Å². The maximum Gasteiger partial charge on any atom is 0.248 e. The van der Waals surface area contributed by atoms with Crippen LogP contribution in [0.15, 0.2) is 30.3 Å². The van der Waals surface area contributed by atoms with Crippen molar-refractivity contribution >= 4 is 11.5 Å². The molecule has 1 fully saturated rings. The lowest BCUT2D eigenvalue weighted by atomic mass is 10.3. The zero-order chi connectivity index (χ0) is 16.2. The molecule has 2 aromatic rings. The second-order valence-electron chi connectivity index (χ2n) is 5.65. The van der Waals surface area contributed by atoms with Gasteiger partial charge in [-0.25, -0.2) is 4.98 Å². The van der Waals surface area contributed by atoms with E-state index in [4.69, 9.17) is 10.5 Å². The zero-order valence-electron chi connectivity index (χ0n) is 13.7. The average molecular weight is 313 g/mol. The Balaban J connectivity index is 1.84. The maximum atomic E-state index is 6.29. The predicted molar refractivity (Wildman–Crippen MR) is 92.0 cm³/mol. The first kappa shape index (κ1) is 15.6. The molecule has 0 radical (unpaired) electrons. The van der Waals surface area contributed by atoms with Crippen LogP contribution in [0, 0.1) is 6.92 Å². The van der Waals surface area contributed by atoms with Crippen molar-refractivity contribution in [2.45, 2.75) is 13.8 Å². The van der Waals surface area contributed by atoms with E-state index in [2.05, 4.69) is 26.7 Å². The lowest BCUT2D eigenvalue weighted by molar-refractivity contribution is 0.270. The van der Waals surface area contributed by atoms with E-state index in [-0.39, 0.29) is 0 Å². The summed E-state index contributed by atoms with van der Waals surface area (Å²) >= 11 is 0. The summed E-state index contributed by atoms with van der Waals surface area (Å²) in [6, 6.07) is 9.56. The SMILES string of the molecule is CCN1CCN(c2nc(C)nc(Oc3ccccc3)c2N)CC1. The van der Waals surface area contributed by atoms with Crippen molar-refractivity contribution in [3.05, 3.63) is 36.2 Å². The van der Waals surface area contributed by atoms with E-state index < -0.39 is 0 Å². The van der Waals surface area contributed by atoms with Gasteiger partial charge in [-0.05, 0) is 25.6 Å². The average Bonchev–Trinajstić information content (AvgIpc) is 2.59. The van der Waals surface area contributed by atoms with Crippen LogP contribution in [-0.2, 0) is 0 Å². The molecule has 1 aromatic carbocycles. The summed E-state index contributed by atoms with van der Waals surface area (Å²) in [4.78, 5) is 13.5. The molecule has 1 saturated heterocycles. The summed E-state index contributed by atoms with van der Waals surface area (Å²) in [5, 5.41) is 0. The number of ether oxygens (including phenoxy) is 1. The van der Waals surface area contributed by atoms with Crippen LogP contribution >= 0.6 is 0 Å². The highest BCUT2D eigenvalue weighted by Crippen LogP contribution is 2.32. The number of piperazine rings is 1. The molecule has 6 heteroatoms. The lowest BCUT2D eigenvalue weighted by Crippen LogP contribution is -2.46. The fourth-order valence-corrected chi connectivity index (χ4v) is 2.74. The van der Waals surface area contributed by atoms with Crippen LogP contribution in [0.3, 0.4) is 0 Å². The van der Waals surface area contributed by atoms with Crippen molar-refractivity contribution in [1.82, 2.24) is 14.9 Å². The summed E-state index contributed by atoms with van der Waals surface area (Å²) in [6.45, 7) is 9.00. The predicted octanol–water partition coefficient (Wildman–Crippen LogP) is 2.30. The van der Waals surface area contributed by atoms with Crippen LogP contribution < -0.4 is 15.4 Å². The molecule has 0 spiro atoms. The maximum absolute atomic E-state index is 6.29. The number of nitrogens with two attached hydrogens (primary N) is 1. The molecule has 0 amide bonds. The van der Waals surface area contributed by atoms with Gasteiger partial charge in [-0.1, -0.05) is 25.1 Å². The molecular formula is C17H23N5O. The van der Waals surface area contributed by atoms with Crippen LogP contribution in [0.25, 0.3) is 0 Å². The van der Waals surface area contributed by atoms with Gasteiger partial charge < -0.3 is 20.3 Å². The van der Waals surface area contributed by atoms with E-state index in [0.29, 0.717) is 17.4 Å². The molecule has 23 heavy (non-hydrogen) atoms. The van der Waals surface area contributed by atoms with E-state index in [1.807, 2.05) is 37.3 Å². The minimum atomic E-state index is 0.427. The smallest absolute Gasteiger partial charge is 0.248 e. The van der Waals surface area contributed by atoms with Gasteiger partial charge in [0.25, 0.3) is 0 Å². The van der Waals surface area contributed by atoms with Gasteiger partial charge in [-0.2, -0.15) is 4.98 Å². The monoisotopic (exact) mass is 313 g/mol. The highest BCUT2D eigenvalue weighted by atomic mass is 16.5. The molecule has 1 aromatic heterocycles. The Morgan fingerprint density at radius 1 is 1.09 bits per heavy atom. The molecular weight excluding hydrogens is 290 g/mol. The van der Waals surface area contributed by atoms with Crippen molar-refractivity contribution in [3.63, 3.8) is 0 Å². The molecule has 0 saturated carbocycles. The Morgan fingerprint density at radius 2 is 1.78 bits per heavy atom. The summed E-state index contributed by atoms with van der Waals surface area (Å²) in [5.74, 6) is 2.59. The molecule has 2 N–H and O–H groups in total. The number of hydrogen-bond donors (Lipinski definition) is 1. The fourth-order valence-electron chi connectivity index (χ4n) is 2.74. The number of rotatable bonds is 4. The lowest BCUT2D eigenvalue weighted by Gasteiger charge is -2.35. The normalized spacial score (nSPS) is 15.7. The van der Waals surface area contributed by atoms with Crippen LogP contribution in [-0.4, -0.2) is 47.6 Å². The minimum Gasteiger partial charge on any atom is -0.437 e. The van der Waals surface area contributed by atoms with Gasteiger partial charge in [-0.3, -0.25) is 0 Å². The Bertz CT molecular complexity index is 654. The molecule has 0 atom stereocenters. The van der Waals surface area contributed by atoms with Gasteiger partial charge in [-0.15, -0.1) is 0 Å². The molecule has 0 unspecified atom stereocenters. The van der Waals surface area contributed by atoms with E-state index in [1.165, 1.54) is 0 Å². The first-order chi connectivity index (χ1) is 11.2. The number of nitrogen functional groups attached to an aromatic ring is 1. The second-order valence-corrected chi connectivity index (χ2v) is 5.65. The first-order valence-corrected chi connectivity index (χ1v) is 8.01. The highest BCUT2D eigenvalue weighted by Gasteiger charge is 2.22. The van der Waals surface area contributed by atoms with E-state index >= 15 is 0 Å². The van der Waals surface area contributed by atoms with Crippen molar-refractivity contribution < 1.29 is 4.74 Å². The largest absolute Gasteiger partial charge is 0.437 e. The number of benzene rings is 1. The number of para-hydroxylation sites is 1. The molecule has 0 bridgehead atoms. The Labute approximate surface area is 136 Å². The first-order valence-electron chi connectivity index (χ1n) is 8.01. The number of anilines is 2. The fraction of sp³-hybridized carbons (Fsp3) is 0.412. The van der Waals surface area contributed by atoms with Gasteiger partial charge in [0.05, 0.1) is 0 Å². The minimum absolute atomic E-state index is 0.427. The summed E-state index contributed by atoms with van der Waals surface area (Å²) < 4.78 is 5.85. The van der Waals surface area contributed by atoms with Crippen LogP contribution in [0.2, 0.25) is 0 Å². The molecule has 2 heterocycles.